The molecule has 10 heavy (non-hydrogen) atoms. The smallest absolute Gasteiger partial charge is 0.143 e. The number of hydrogen-bond acceptors (Lipinski definition) is 1. The molecule has 1 rings (SSSR count). The summed E-state index contributed by atoms with van der Waals surface area (Å²) in [6, 6.07) is 0. The molecule has 1 aliphatic rings. The van der Waals surface area contributed by atoms with Crippen molar-refractivity contribution in [2.24, 2.45) is 5.73 Å². The standard InChI is InChI=1S/C8H17N2/c9-5-1-2-6-10-7-3-4-8-10/h7H,1-6,8-9H2/q+1. The van der Waals surface area contributed by atoms with Gasteiger partial charge < -0.3 is 5.73 Å². The van der Waals surface area contributed by atoms with E-state index < -0.39 is 0 Å². The van der Waals surface area contributed by atoms with Gasteiger partial charge in [0.15, 0.2) is 0 Å². The van der Waals surface area contributed by atoms with Crippen molar-refractivity contribution in [2.75, 3.05) is 19.6 Å². The van der Waals surface area contributed by atoms with Gasteiger partial charge in [0.2, 0.25) is 0 Å². The Labute approximate surface area is 62.7 Å². The zero-order valence-corrected chi connectivity index (χ0v) is 6.55. The second kappa shape index (κ2) is 4.45. The summed E-state index contributed by atoms with van der Waals surface area (Å²) in [5.41, 5.74) is 5.38. The highest BCUT2D eigenvalue weighted by atomic mass is 15.0. The van der Waals surface area contributed by atoms with Crippen LogP contribution in [0.4, 0.5) is 0 Å². The molecule has 0 spiro atoms. The van der Waals surface area contributed by atoms with Crippen molar-refractivity contribution in [3.63, 3.8) is 0 Å². The molecular formula is C8H17N2+. The molecule has 1 heterocycles. The van der Waals surface area contributed by atoms with E-state index in [1.807, 2.05) is 0 Å². The predicted octanol–water partition coefficient (Wildman–Crippen LogP) is 0.602. The van der Waals surface area contributed by atoms with Gasteiger partial charge in [-0.1, -0.05) is 0 Å². The minimum Gasteiger partial charge on any atom is -0.330 e. The van der Waals surface area contributed by atoms with Crippen molar-refractivity contribution in [2.45, 2.75) is 25.7 Å². The molecule has 0 aromatic rings. The molecule has 58 valence electrons. The lowest BCUT2D eigenvalue weighted by atomic mass is 10.3. The molecule has 0 amide bonds. The van der Waals surface area contributed by atoms with Crippen molar-refractivity contribution in [3.05, 3.63) is 0 Å². The van der Waals surface area contributed by atoms with E-state index in [0.717, 1.165) is 6.54 Å². The first-order chi connectivity index (χ1) is 4.93. The van der Waals surface area contributed by atoms with Gasteiger partial charge in [-0.25, -0.2) is 4.58 Å². The van der Waals surface area contributed by atoms with Crippen LogP contribution in [0.1, 0.15) is 25.7 Å². The van der Waals surface area contributed by atoms with E-state index in [1.54, 1.807) is 0 Å². The Morgan fingerprint density at radius 1 is 1.40 bits per heavy atom. The molecule has 2 nitrogen and oxygen atoms in total. The van der Waals surface area contributed by atoms with Crippen LogP contribution in [0.5, 0.6) is 0 Å². The second-order valence-corrected chi connectivity index (χ2v) is 2.86. The van der Waals surface area contributed by atoms with Gasteiger partial charge in [0.05, 0.1) is 0 Å². The maximum Gasteiger partial charge on any atom is 0.143 e. The zero-order valence-electron chi connectivity index (χ0n) is 6.55. The van der Waals surface area contributed by atoms with Crippen molar-refractivity contribution in [3.8, 4) is 0 Å². The average molecular weight is 141 g/mol. The first kappa shape index (κ1) is 7.73. The Balaban J connectivity index is 2.01. The predicted molar refractivity (Wildman–Crippen MR) is 43.6 cm³/mol. The fourth-order valence-corrected chi connectivity index (χ4v) is 1.32. The first-order valence-electron chi connectivity index (χ1n) is 4.21. The topological polar surface area (TPSA) is 29.0 Å². The third-order valence-corrected chi connectivity index (χ3v) is 1.94. The van der Waals surface area contributed by atoms with Crippen molar-refractivity contribution in [1.82, 2.24) is 0 Å². The molecule has 0 aromatic heterocycles. The summed E-state index contributed by atoms with van der Waals surface area (Å²) in [6.07, 6.45) is 7.37. The number of rotatable bonds is 4. The molecule has 0 aliphatic carbocycles. The molecule has 0 radical (unpaired) electrons. The normalized spacial score (nSPS) is 17.5. The zero-order chi connectivity index (χ0) is 7.23. The summed E-state index contributed by atoms with van der Waals surface area (Å²) in [5, 5.41) is 0. The Bertz CT molecular complexity index is 118. The van der Waals surface area contributed by atoms with E-state index in [1.165, 1.54) is 38.8 Å². The highest BCUT2D eigenvalue weighted by molar-refractivity contribution is 5.52. The Hall–Kier alpha value is -0.370. The quantitative estimate of drug-likeness (QED) is 0.451. The Kier molecular flexibility index (Phi) is 3.44. The van der Waals surface area contributed by atoms with Gasteiger partial charge in [0, 0.05) is 19.3 Å². The van der Waals surface area contributed by atoms with E-state index in [-0.39, 0.29) is 0 Å². The van der Waals surface area contributed by atoms with Crippen LogP contribution in [0, 0.1) is 0 Å². The van der Waals surface area contributed by atoms with Gasteiger partial charge in [-0.2, -0.15) is 0 Å². The number of unbranched alkanes of at least 4 members (excludes halogenated alkanes) is 1. The van der Waals surface area contributed by atoms with Crippen LogP contribution in [-0.4, -0.2) is 30.4 Å². The number of hydrogen-bond donors (Lipinski definition) is 1. The summed E-state index contributed by atoms with van der Waals surface area (Å²) >= 11 is 0. The Morgan fingerprint density at radius 3 is 2.90 bits per heavy atom. The van der Waals surface area contributed by atoms with Gasteiger partial charge >= 0.3 is 0 Å². The summed E-state index contributed by atoms with van der Waals surface area (Å²) in [7, 11) is 0. The molecule has 0 saturated carbocycles. The first-order valence-corrected chi connectivity index (χ1v) is 4.21. The third kappa shape index (κ3) is 2.48. The number of nitrogens with two attached hydrogens (primary N) is 1. The molecule has 0 atom stereocenters. The van der Waals surface area contributed by atoms with Crippen molar-refractivity contribution in [1.29, 1.82) is 0 Å². The summed E-state index contributed by atoms with van der Waals surface area (Å²) < 4.78 is 2.41. The van der Waals surface area contributed by atoms with E-state index >= 15 is 0 Å². The largest absolute Gasteiger partial charge is 0.330 e. The lowest BCUT2D eigenvalue weighted by Gasteiger charge is -1.95. The van der Waals surface area contributed by atoms with E-state index in [4.69, 9.17) is 5.73 Å². The van der Waals surface area contributed by atoms with Gasteiger partial charge in [-0.15, -0.1) is 0 Å². The van der Waals surface area contributed by atoms with Gasteiger partial charge in [0.25, 0.3) is 0 Å². The molecule has 0 unspecified atom stereocenters. The van der Waals surface area contributed by atoms with Gasteiger partial charge in [0.1, 0.15) is 19.3 Å². The summed E-state index contributed by atoms with van der Waals surface area (Å²) in [6.45, 7) is 3.33. The maximum atomic E-state index is 5.38. The second-order valence-electron chi connectivity index (χ2n) is 2.86. The SMILES string of the molecule is NCCCC[N+]1=CCCC1. The monoisotopic (exact) mass is 141 g/mol. The maximum absolute atomic E-state index is 5.38. The molecule has 0 saturated heterocycles. The van der Waals surface area contributed by atoms with Crippen LogP contribution >= 0.6 is 0 Å². The fourth-order valence-electron chi connectivity index (χ4n) is 1.32. The lowest BCUT2D eigenvalue weighted by Crippen LogP contribution is -2.11. The Morgan fingerprint density at radius 2 is 2.30 bits per heavy atom. The van der Waals surface area contributed by atoms with Crippen LogP contribution in [-0.2, 0) is 0 Å². The highest BCUT2D eigenvalue weighted by Crippen LogP contribution is 1.98. The molecule has 0 fully saturated rings. The third-order valence-electron chi connectivity index (χ3n) is 1.94. The molecule has 0 aromatic carbocycles. The fraction of sp³-hybridized carbons (Fsp3) is 0.875. The van der Waals surface area contributed by atoms with Crippen LogP contribution in [0.25, 0.3) is 0 Å². The van der Waals surface area contributed by atoms with Gasteiger partial charge in [-0.3, -0.25) is 0 Å². The van der Waals surface area contributed by atoms with Crippen LogP contribution < -0.4 is 5.73 Å². The highest BCUT2D eigenvalue weighted by Gasteiger charge is 2.08. The summed E-state index contributed by atoms with van der Waals surface area (Å²) in [4.78, 5) is 0. The van der Waals surface area contributed by atoms with E-state index in [9.17, 15) is 0 Å². The number of nitrogens with zero attached hydrogens (tertiary/aromatic N) is 1. The molecular weight excluding hydrogens is 124 g/mol. The van der Waals surface area contributed by atoms with Crippen LogP contribution in [0.2, 0.25) is 0 Å². The molecule has 1 aliphatic heterocycles. The van der Waals surface area contributed by atoms with Crippen molar-refractivity contribution < 1.29 is 4.58 Å². The summed E-state index contributed by atoms with van der Waals surface area (Å²) in [5.74, 6) is 0. The average Bonchev–Trinajstić information content (AvgIpc) is 2.41. The van der Waals surface area contributed by atoms with Gasteiger partial charge in [-0.05, 0) is 13.0 Å². The van der Waals surface area contributed by atoms with Crippen molar-refractivity contribution >= 4 is 6.21 Å². The minimum atomic E-state index is 0.841. The van der Waals surface area contributed by atoms with E-state index in [0.29, 0.717) is 0 Å². The van der Waals surface area contributed by atoms with Crippen LogP contribution in [0.15, 0.2) is 0 Å². The lowest BCUT2D eigenvalue weighted by molar-refractivity contribution is -0.516. The minimum absolute atomic E-state index is 0.841. The molecule has 0 bridgehead atoms. The molecule has 2 N–H and O–H groups in total. The van der Waals surface area contributed by atoms with E-state index in [2.05, 4.69) is 10.8 Å². The van der Waals surface area contributed by atoms with Crippen LogP contribution in [0.3, 0.4) is 0 Å². The molecule has 2 heteroatoms.